The van der Waals surface area contributed by atoms with Gasteiger partial charge in [0.25, 0.3) is 0 Å². The zero-order valence-corrected chi connectivity index (χ0v) is 11.2. The third-order valence-electron chi connectivity index (χ3n) is 3.21. The summed E-state index contributed by atoms with van der Waals surface area (Å²) in [5.41, 5.74) is 0.681. The Morgan fingerprint density at radius 3 is 2.65 bits per heavy atom. The molecule has 3 nitrogen and oxygen atoms in total. The summed E-state index contributed by atoms with van der Waals surface area (Å²) in [5, 5.41) is 11.9. The summed E-state index contributed by atoms with van der Waals surface area (Å²) in [4.78, 5) is 4.22. The number of hydrogen-bond donors (Lipinski definition) is 1. The van der Waals surface area contributed by atoms with E-state index in [0.29, 0.717) is 11.4 Å². The number of rotatable bonds is 3. The number of aliphatic hydroxyl groups excluding tert-OH is 1. The predicted octanol–water partition coefficient (Wildman–Crippen LogP) is 4.08. The first kappa shape index (κ1) is 12.6. The van der Waals surface area contributed by atoms with E-state index in [1.165, 1.54) is 0 Å². The van der Waals surface area contributed by atoms with Gasteiger partial charge in [0.05, 0.1) is 6.10 Å². The van der Waals surface area contributed by atoms with Crippen LogP contribution in [0.5, 0.6) is 11.6 Å². The van der Waals surface area contributed by atoms with Gasteiger partial charge in [-0.05, 0) is 30.5 Å². The van der Waals surface area contributed by atoms with Crippen LogP contribution in [-0.2, 0) is 0 Å². The van der Waals surface area contributed by atoms with Crippen LogP contribution in [0.4, 0.5) is 0 Å². The lowest BCUT2D eigenvalue weighted by Gasteiger charge is -2.13. The van der Waals surface area contributed by atoms with Gasteiger partial charge in [0.2, 0.25) is 5.88 Å². The van der Waals surface area contributed by atoms with Crippen molar-refractivity contribution in [1.29, 1.82) is 0 Å². The van der Waals surface area contributed by atoms with Crippen molar-refractivity contribution in [2.75, 3.05) is 0 Å². The third kappa shape index (κ3) is 2.36. The molecule has 3 rings (SSSR count). The Balaban J connectivity index is 2.06. The van der Waals surface area contributed by atoms with E-state index in [2.05, 4.69) is 4.98 Å². The SMILES string of the molecule is CC(O)c1cccnc1Oc1cccc2ccccc12. The smallest absolute Gasteiger partial charge is 0.225 e. The van der Waals surface area contributed by atoms with Gasteiger partial charge < -0.3 is 9.84 Å². The zero-order chi connectivity index (χ0) is 13.9. The topological polar surface area (TPSA) is 42.4 Å². The highest BCUT2D eigenvalue weighted by atomic mass is 16.5. The first-order chi connectivity index (χ1) is 9.75. The normalized spacial score (nSPS) is 12.3. The quantitative estimate of drug-likeness (QED) is 0.775. The number of fused-ring (bicyclic) bond motifs is 1. The van der Waals surface area contributed by atoms with Crippen LogP contribution in [0.1, 0.15) is 18.6 Å². The molecule has 3 aromatic rings. The van der Waals surface area contributed by atoms with Gasteiger partial charge in [-0.15, -0.1) is 0 Å². The van der Waals surface area contributed by atoms with Gasteiger partial charge in [-0.3, -0.25) is 0 Å². The average Bonchev–Trinajstić information content (AvgIpc) is 2.48. The number of benzene rings is 2. The Kier molecular flexibility index (Phi) is 3.35. The molecule has 1 aromatic heterocycles. The van der Waals surface area contributed by atoms with Crippen molar-refractivity contribution in [2.24, 2.45) is 0 Å². The molecular weight excluding hydrogens is 250 g/mol. The molecule has 1 N–H and O–H groups in total. The van der Waals surface area contributed by atoms with Gasteiger partial charge in [-0.1, -0.05) is 36.4 Å². The van der Waals surface area contributed by atoms with Crippen LogP contribution in [0.3, 0.4) is 0 Å². The van der Waals surface area contributed by atoms with Crippen LogP contribution < -0.4 is 4.74 Å². The number of ether oxygens (including phenoxy) is 1. The number of pyridine rings is 1. The molecule has 3 heteroatoms. The van der Waals surface area contributed by atoms with Gasteiger partial charge in [0, 0.05) is 17.1 Å². The number of aromatic nitrogens is 1. The van der Waals surface area contributed by atoms with E-state index in [4.69, 9.17) is 4.74 Å². The van der Waals surface area contributed by atoms with Crippen LogP contribution >= 0.6 is 0 Å². The maximum absolute atomic E-state index is 9.78. The molecule has 1 atom stereocenters. The average molecular weight is 265 g/mol. The van der Waals surface area contributed by atoms with Gasteiger partial charge in [-0.2, -0.15) is 0 Å². The molecule has 0 aliphatic carbocycles. The maximum Gasteiger partial charge on any atom is 0.225 e. The molecule has 0 fully saturated rings. The van der Waals surface area contributed by atoms with Gasteiger partial charge in [-0.25, -0.2) is 4.98 Å². The molecule has 0 radical (unpaired) electrons. The Bertz CT molecular complexity index is 732. The van der Waals surface area contributed by atoms with Crippen LogP contribution in [0, 0.1) is 0 Å². The predicted molar refractivity (Wildman–Crippen MR) is 78.9 cm³/mol. The van der Waals surface area contributed by atoms with Crippen molar-refractivity contribution >= 4 is 10.8 Å². The number of aliphatic hydroxyl groups is 1. The number of nitrogens with zero attached hydrogens (tertiary/aromatic N) is 1. The Morgan fingerprint density at radius 2 is 1.80 bits per heavy atom. The fourth-order valence-corrected chi connectivity index (χ4v) is 2.20. The highest BCUT2D eigenvalue weighted by Crippen LogP contribution is 2.32. The second kappa shape index (κ2) is 5.31. The minimum atomic E-state index is -0.617. The van der Waals surface area contributed by atoms with Crippen molar-refractivity contribution in [3.63, 3.8) is 0 Å². The molecule has 2 aromatic carbocycles. The van der Waals surface area contributed by atoms with Gasteiger partial charge in [0.15, 0.2) is 0 Å². The highest BCUT2D eigenvalue weighted by Gasteiger charge is 2.11. The molecule has 0 saturated heterocycles. The molecule has 0 aliphatic heterocycles. The summed E-state index contributed by atoms with van der Waals surface area (Å²) in [6.07, 6.45) is 1.04. The van der Waals surface area contributed by atoms with E-state index in [1.807, 2.05) is 48.5 Å². The Hall–Kier alpha value is -2.39. The maximum atomic E-state index is 9.78. The van der Waals surface area contributed by atoms with E-state index < -0.39 is 6.10 Å². The van der Waals surface area contributed by atoms with Gasteiger partial charge in [0.1, 0.15) is 5.75 Å². The molecule has 100 valence electrons. The van der Waals surface area contributed by atoms with Crippen LogP contribution in [0.15, 0.2) is 60.8 Å². The lowest BCUT2D eigenvalue weighted by atomic mass is 10.1. The first-order valence-corrected chi connectivity index (χ1v) is 6.54. The molecule has 0 bridgehead atoms. The standard InChI is InChI=1S/C17H15NO2/c1-12(19)14-9-5-11-18-17(14)20-16-10-4-7-13-6-2-3-8-15(13)16/h2-12,19H,1H3. The molecule has 0 spiro atoms. The van der Waals surface area contributed by atoms with E-state index in [9.17, 15) is 5.11 Å². The molecule has 0 aliphatic rings. The largest absolute Gasteiger partial charge is 0.438 e. The third-order valence-corrected chi connectivity index (χ3v) is 3.21. The number of hydrogen-bond acceptors (Lipinski definition) is 3. The van der Waals surface area contributed by atoms with Crippen LogP contribution in [-0.4, -0.2) is 10.1 Å². The summed E-state index contributed by atoms with van der Waals surface area (Å²) < 4.78 is 5.91. The van der Waals surface area contributed by atoms with Crippen molar-refractivity contribution in [1.82, 2.24) is 4.98 Å². The van der Waals surface area contributed by atoms with Gasteiger partial charge >= 0.3 is 0 Å². The van der Waals surface area contributed by atoms with Crippen molar-refractivity contribution in [3.8, 4) is 11.6 Å². The summed E-state index contributed by atoms with van der Waals surface area (Å²) >= 11 is 0. The van der Waals surface area contributed by atoms with Crippen molar-refractivity contribution in [2.45, 2.75) is 13.0 Å². The van der Waals surface area contributed by atoms with E-state index in [0.717, 1.165) is 16.5 Å². The summed E-state index contributed by atoms with van der Waals surface area (Å²) in [5.74, 6) is 1.18. The second-order valence-corrected chi connectivity index (χ2v) is 4.65. The van der Waals surface area contributed by atoms with Crippen LogP contribution in [0.2, 0.25) is 0 Å². The summed E-state index contributed by atoms with van der Waals surface area (Å²) in [6.45, 7) is 1.70. The molecular formula is C17H15NO2. The zero-order valence-electron chi connectivity index (χ0n) is 11.2. The molecule has 20 heavy (non-hydrogen) atoms. The minimum absolute atomic E-state index is 0.443. The summed E-state index contributed by atoms with van der Waals surface area (Å²) in [7, 11) is 0. The van der Waals surface area contributed by atoms with E-state index >= 15 is 0 Å². The summed E-state index contributed by atoms with van der Waals surface area (Å²) in [6, 6.07) is 17.5. The molecule has 1 unspecified atom stereocenters. The lowest BCUT2D eigenvalue weighted by Crippen LogP contribution is -1.98. The monoisotopic (exact) mass is 265 g/mol. The first-order valence-electron chi connectivity index (χ1n) is 6.54. The second-order valence-electron chi connectivity index (χ2n) is 4.65. The van der Waals surface area contributed by atoms with Crippen molar-refractivity contribution < 1.29 is 9.84 Å². The fraction of sp³-hybridized carbons (Fsp3) is 0.118. The highest BCUT2D eigenvalue weighted by molar-refractivity contribution is 5.88. The minimum Gasteiger partial charge on any atom is -0.438 e. The fourth-order valence-electron chi connectivity index (χ4n) is 2.20. The Morgan fingerprint density at radius 1 is 1.00 bits per heavy atom. The Labute approximate surface area is 117 Å². The molecule has 1 heterocycles. The molecule has 0 saturated carbocycles. The van der Waals surface area contributed by atoms with Crippen molar-refractivity contribution in [3.05, 3.63) is 66.4 Å². The lowest BCUT2D eigenvalue weighted by molar-refractivity contribution is 0.194. The van der Waals surface area contributed by atoms with E-state index in [-0.39, 0.29) is 0 Å². The van der Waals surface area contributed by atoms with E-state index in [1.54, 1.807) is 19.2 Å². The molecule has 0 amide bonds. The van der Waals surface area contributed by atoms with Crippen LogP contribution in [0.25, 0.3) is 10.8 Å².